The van der Waals surface area contributed by atoms with Crippen LogP contribution in [-0.2, 0) is 9.53 Å². The predicted molar refractivity (Wildman–Crippen MR) is 85.3 cm³/mol. The summed E-state index contributed by atoms with van der Waals surface area (Å²) in [6.07, 6.45) is 3.65. The lowest BCUT2D eigenvalue weighted by molar-refractivity contribution is -0.118. The van der Waals surface area contributed by atoms with Crippen LogP contribution in [0.5, 0.6) is 0 Å². The molecule has 0 aliphatic heterocycles. The molecule has 2 aromatic rings. The Bertz CT molecular complexity index is 662. The maximum atomic E-state index is 12.3. The highest BCUT2D eigenvalue weighted by atomic mass is 32.1. The highest BCUT2D eigenvalue weighted by Gasteiger charge is 2.23. The highest BCUT2D eigenvalue weighted by Crippen LogP contribution is 2.30. The van der Waals surface area contributed by atoms with E-state index in [2.05, 4.69) is 10.3 Å². The summed E-state index contributed by atoms with van der Waals surface area (Å²) in [6, 6.07) is 3.36. The molecular weight excluding hydrogens is 302 g/mol. The molecule has 0 saturated carbocycles. The lowest BCUT2D eigenvalue weighted by atomic mass is 10.1. The van der Waals surface area contributed by atoms with Gasteiger partial charge < -0.3 is 14.6 Å². The molecule has 2 aromatic heterocycles. The van der Waals surface area contributed by atoms with Gasteiger partial charge in [-0.05, 0) is 25.0 Å². The standard InChI is InChI=1S/C15H19N3O3S/c1-9(2)12-11(14(20)21-4)16-15(22-12)17-13(19)10(3)18-7-5-6-8-18/h5-10H,1-4H3,(H,16,17,19)/t10-/m1/s1. The van der Waals surface area contributed by atoms with Gasteiger partial charge in [-0.3, -0.25) is 4.79 Å². The Labute approximate surface area is 133 Å². The van der Waals surface area contributed by atoms with Crippen molar-refractivity contribution >= 4 is 28.3 Å². The fourth-order valence-electron chi connectivity index (χ4n) is 1.97. The zero-order chi connectivity index (χ0) is 16.3. The summed E-state index contributed by atoms with van der Waals surface area (Å²) in [7, 11) is 1.32. The molecule has 2 heterocycles. The first-order chi connectivity index (χ1) is 10.4. The number of nitrogens with one attached hydrogen (secondary N) is 1. The van der Waals surface area contributed by atoms with Gasteiger partial charge in [-0.1, -0.05) is 13.8 Å². The minimum Gasteiger partial charge on any atom is -0.464 e. The number of hydrogen-bond donors (Lipinski definition) is 1. The number of carbonyl (C=O) groups excluding carboxylic acids is 2. The molecule has 6 nitrogen and oxygen atoms in total. The Kier molecular flexibility index (Phi) is 4.97. The highest BCUT2D eigenvalue weighted by molar-refractivity contribution is 7.16. The molecule has 0 saturated heterocycles. The van der Waals surface area contributed by atoms with Crippen LogP contribution in [0, 0.1) is 0 Å². The van der Waals surface area contributed by atoms with Gasteiger partial charge in [0.2, 0.25) is 5.91 Å². The molecular formula is C15H19N3O3S. The van der Waals surface area contributed by atoms with E-state index >= 15 is 0 Å². The third kappa shape index (κ3) is 3.36. The number of esters is 1. The van der Waals surface area contributed by atoms with Gasteiger partial charge in [0.25, 0.3) is 0 Å². The number of thiazole rings is 1. The van der Waals surface area contributed by atoms with E-state index in [0.717, 1.165) is 4.88 Å². The molecule has 0 spiro atoms. The third-order valence-electron chi connectivity index (χ3n) is 3.24. The average molecular weight is 321 g/mol. The van der Waals surface area contributed by atoms with Crippen LogP contribution in [0.1, 0.15) is 48.1 Å². The van der Waals surface area contributed by atoms with E-state index < -0.39 is 5.97 Å². The van der Waals surface area contributed by atoms with Crippen molar-refractivity contribution < 1.29 is 14.3 Å². The van der Waals surface area contributed by atoms with Crippen molar-refractivity contribution in [3.05, 3.63) is 35.1 Å². The van der Waals surface area contributed by atoms with Crippen molar-refractivity contribution in [1.29, 1.82) is 0 Å². The number of amides is 1. The number of ether oxygens (including phenoxy) is 1. The fraction of sp³-hybridized carbons (Fsp3) is 0.400. The molecule has 1 atom stereocenters. The molecule has 0 aliphatic carbocycles. The summed E-state index contributed by atoms with van der Waals surface area (Å²) < 4.78 is 6.54. The molecule has 22 heavy (non-hydrogen) atoms. The number of aromatic nitrogens is 2. The molecule has 1 amide bonds. The van der Waals surface area contributed by atoms with E-state index in [0.29, 0.717) is 5.13 Å². The summed E-state index contributed by atoms with van der Waals surface area (Å²) >= 11 is 1.30. The van der Waals surface area contributed by atoms with E-state index in [1.807, 2.05) is 38.4 Å². The van der Waals surface area contributed by atoms with Gasteiger partial charge in [0.1, 0.15) is 6.04 Å². The van der Waals surface area contributed by atoms with Gasteiger partial charge in [0.05, 0.1) is 7.11 Å². The summed E-state index contributed by atoms with van der Waals surface area (Å²) in [5.41, 5.74) is 0.270. The average Bonchev–Trinajstić information content (AvgIpc) is 3.14. The van der Waals surface area contributed by atoms with Crippen LogP contribution in [0.3, 0.4) is 0 Å². The summed E-state index contributed by atoms with van der Waals surface area (Å²) in [4.78, 5) is 29.0. The number of anilines is 1. The Balaban J connectivity index is 2.19. The Morgan fingerprint density at radius 2 is 1.91 bits per heavy atom. The van der Waals surface area contributed by atoms with Gasteiger partial charge in [0.15, 0.2) is 10.8 Å². The summed E-state index contributed by atoms with van der Waals surface area (Å²) in [6.45, 7) is 5.73. The van der Waals surface area contributed by atoms with E-state index in [4.69, 9.17) is 4.74 Å². The van der Waals surface area contributed by atoms with Crippen LogP contribution >= 0.6 is 11.3 Å². The number of nitrogens with zero attached hydrogens (tertiary/aromatic N) is 2. The molecule has 0 fully saturated rings. The SMILES string of the molecule is COC(=O)c1nc(NC(=O)[C@@H](C)n2cccc2)sc1C(C)C. The van der Waals surface area contributed by atoms with Gasteiger partial charge in [-0.2, -0.15) is 0 Å². The second-order valence-corrected chi connectivity index (χ2v) is 6.20. The van der Waals surface area contributed by atoms with E-state index in [1.54, 1.807) is 11.5 Å². The predicted octanol–water partition coefficient (Wildman–Crippen LogP) is 3.05. The van der Waals surface area contributed by atoms with Crippen molar-refractivity contribution in [3.8, 4) is 0 Å². The van der Waals surface area contributed by atoms with E-state index in [1.165, 1.54) is 18.4 Å². The lowest BCUT2D eigenvalue weighted by Gasteiger charge is -2.12. The minimum atomic E-state index is -0.487. The second kappa shape index (κ2) is 6.74. The number of methoxy groups -OCH3 is 1. The zero-order valence-corrected chi connectivity index (χ0v) is 13.8. The molecule has 7 heteroatoms. The summed E-state index contributed by atoms with van der Waals surface area (Å²) in [5.74, 6) is -0.547. The topological polar surface area (TPSA) is 73.2 Å². The Hall–Kier alpha value is -2.15. The largest absolute Gasteiger partial charge is 0.464 e. The van der Waals surface area contributed by atoms with Gasteiger partial charge in [-0.25, -0.2) is 9.78 Å². The number of carbonyl (C=O) groups is 2. The first-order valence-corrected chi connectivity index (χ1v) is 7.78. The fourth-order valence-corrected chi connectivity index (χ4v) is 2.93. The minimum absolute atomic E-state index is 0.124. The molecule has 2 rings (SSSR count). The number of rotatable bonds is 5. The molecule has 0 unspecified atom stereocenters. The number of hydrogen-bond acceptors (Lipinski definition) is 5. The zero-order valence-electron chi connectivity index (χ0n) is 13.0. The van der Waals surface area contributed by atoms with Gasteiger partial charge in [0, 0.05) is 17.3 Å². The van der Waals surface area contributed by atoms with Crippen molar-refractivity contribution in [2.24, 2.45) is 0 Å². The van der Waals surface area contributed by atoms with Crippen molar-refractivity contribution in [2.45, 2.75) is 32.7 Å². The van der Waals surface area contributed by atoms with Crippen molar-refractivity contribution in [1.82, 2.24) is 9.55 Å². The van der Waals surface area contributed by atoms with Gasteiger partial charge >= 0.3 is 5.97 Å². The molecule has 0 aromatic carbocycles. The van der Waals surface area contributed by atoms with Crippen LogP contribution in [0.15, 0.2) is 24.5 Å². The van der Waals surface area contributed by atoms with Crippen LogP contribution in [0.2, 0.25) is 0 Å². The molecule has 1 N–H and O–H groups in total. The summed E-state index contributed by atoms with van der Waals surface area (Å²) in [5, 5.41) is 3.17. The molecule has 118 valence electrons. The van der Waals surface area contributed by atoms with E-state index in [-0.39, 0.29) is 23.6 Å². The van der Waals surface area contributed by atoms with Crippen LogP contribution in [0.25, 0.3) is 0 Å². The van der Waals surface area contributed by atoms with Crippen LogP contribution in [-0.4, -0.2) is 28.5 Å². The first kappa shape index (κ1) is 16.2. The quantitative estimate of drug-likeness (QED) is 0.859. The second-order valence-electron chi connectivity index (χ2n) is 5.17. The molecule has 0 aliphatic rings. The maximum absolute atomic E-state index is 12.3. The Morgan fingerprint density at radius 3 is 2.45 bits per heavy atom. The normalized spacial score (nSPS) is 12.2. The Morgan fingerprint density at radius 1 is 1.27 bits per heavy atom. The third-order valence-corrected chi connectivity index (χ3v) is 4.51. The van der Waals surface area contributed by atoms with E-state index in [9.17, 15) is 9.59 Å². The molecule has 0 radical (unpaired) electrons. The van der Waals surface area contributed by atoms with Crippen molar-refractivity contribution in [3.63, 3.8) is 0 Å². The molecule has 0 bridgehead atoms. The monoisotopic (exact) mass is 321 g/mol. The van der Waals surface area contributed by atoms with Crippen molar-refractivity contribution in [2.75, 3.05) is 12.4 Å². The van der Waals surface area contributed by atoms with Gasteiger partial charge in [-0.15, -0.1) is 11.3 Å². The maximum Gasteiger partial charge on any atom is 0.357 e. The lowest BCUT2D eigenvalue weighted by Crippen LogP contribution is -2.22. The first-order valence-electron chi connectivity index (χ1n) is 6.96. The smallest absolute Gasteiger partial charge is 0.357 e. The van der Waals surface area contributed by atoms with Crippen LogP contribution in [0.4, 0.5) is 5.13 Å². The van der Waals surface area contributed by atoms with Crippen LogP contribution < -0.4 is 5.32 Å².